The molecule has 0 aliphatic heterocycles. The van der Waals surface area contributed by atoms with Gasteiger partial charge in [-0.15, -0.1) is 0 Å². The van der Waals surface area contributed by atoms with E-state index in [1.807, 2.05) is 31.2 Å². The monoisotopic (exact) mass is 892 g/mol. The highest BCUT2D eigenvalue weighted by atomic mass is 16.4. The fourth-order valence-corrected chi connectivity index (χ4v) is 11.1. The van der Waals surface area contributed by atoms with E-state index >= 15 is 0 Å². The summed E-state index contributed by atoms with van der Waals surface area (Å²) in [6.07, 6.45) is 0.875. The standard InChI is InChI=1S/C22H14O4.2C16H16N2.C3H8O.H2O/c23-21(24)17-11-9-13-5-1-3-7-15(13)19(17)20-16-8-4-2-6-14(16)10-12-18(20)22(25)26;2*17-15-13-9-5-1-2-6-10(9)14(16(15)18)12-8-4-3-7-11(12)13;1-2-3-4;/h1-12H,(H,23,24)(H,25,26);2*1-8,13-16H,17-18H2;4H,2-3H2,1H3;1H2/t;2*13?,14?,15-,16-;;/m.11../s1. The van der Waals surface area contributed by atoms with Crippen LogP contribution < -0.4 is 33.1 Å². The molecule has 0 spiro atoms. The topological polar surface area (TPSA) is 239 Å². The first-order valence-corrected chi connectivity index (χ1v) is 22.7. The maximum absolute atomic E-state index is 11.8. The predicted molar refractivity (Wildman–Crippen MR) is 259 cm³/mol. The molecule has 10 heteroatoms. The van der Waals surface area contributed by atoms with E-state index in [-0.39, 0.29) is 40.8 Å². The Hall–Kier alpha value is -7.02. The van der Waals surface area contributed by atoms with E-state index in [9.17, 15) is 19.8 Å². The zero-order valence-corrected chi connectivity index (χ0v) is 37.3. The number of aromatic carboxylic acids is 2. The number of rotatable bonds is 4. The number of carbonyl (C=O) groups excluding carboxylic acids is 2. The van der Waals surface area contributed by atoms with E-state index in [1.165, 1.54) is 56.6 Å². The van der Waals surface area contributed by atoms with Crippen LogP contribution in [0.3, 0.4) is 0 Å². The maximum atomic E-state index is 11.8. The average molecular weight is 893 g/mol. The van der Waals surface area contributed by atoms with Gasteiger partial charge in [0.2, 0.25) is 0 Å². The largest absolute Gasteiger partial charge is 0.545 e. The lowest BCUT2D eigenvalue weighted by Gasteiger charge is -2.46. The maximum Gasteiger partial charge on any atom is 0.112 e. The highest BCUT2D eigenvalue weighted by Crippen LogP contribution is 2.52. The van der Waals surface area contributed by atoms with Gasteiger partial charge in [0.1, 0.15) is 12.1 Å². The van der Waals surface area contributed by atoms with Crippen molar-refractivity contribution in [3.05, 3.63) is 225 Å². The van der Waals surface area contributed by atoms with Crippen molar-refractivity contribution in [1.82, 2.24) is 0 Å². The van der Waals surface area contributed by atoms with E-state index < -0.39 is 11.9 Å². The van der Waals surface area contributed by atoms with Crippen LogP contribution in [0.25, 0.3) is 32.7 Å². The Balaban J connectivity index is 0.000000133. The van der Waals surface area contributed by atoms with Crippen LogP contribution in [0.5, 0.6) is 0 Å². The van der Waals surface area contributed by atoms with Crippen LogP contribution in [0.1, 0.15) is 102 Å². The summed E-state index contributed by atoms with van der Waals surface area (Å²) < 4.78 is 0. The van der Waals surface area contributed by atoms with Crippen molar-refractivity contribution in [2.24, 2.45) is 11.5 Å². The lowest BCUT2D eigenvalue weighted by Crippen LogP contribution is -2.74. The number of hydrogen-bond donors (Lipinski definition) is 5. The lowest BCUT2D eigenvalue weighted by atomic mass is 9.60. The summed E-state index contributed by atoms with van der Waals surface area (Å²) in [5, 5.41) is 34.4. The Bertz CT molecular complexity index is 2710. The van der Waals surface area contributed by atoms with Crippen LogP contribution >= 0.6 is 0 Å². The fraction of sp³-hybridized carbons (Fsp3) is 0.193. The van der Waals surface area contributed by atoms with Gasteiger partial charge in [-0.3, -0.25) is 0 Å². The number of fused-ring (bicyclic) bond motifs is 4. The Morgan fingerprint density at radius 1 is 0.463 bits per heavy atom. The van der Waals surface area contributed by atoms with Crippen LogP contribution in [-0.4, -0.2) is 53.3 Å². The van der Waals surface area contributed by atoms with Gasteiger partial charge < -0.3 is 53.3 Å². The summed E-state index contributed by atoms with van der Waals surface area (Å²) in [6.45, 7) is 2.25. The van der Waals surface area contributed by atoms with E-state index in [0.29, 0.717) is 52.2 Å². The van der Waals surface area contributed by atoms with E-state index in [4.69, 9.17) is 16.6 Å². The molecule has 0 saturated heterocycles. The Morgan fingerprint density at radius 3 is 0.985 bits per heavy atom. The number of quaternary nitrogens is 2. The first-order valence-electron chi connectivity index (χ1n) is 22.7. The SMILES string of the molecule is CCCO.N[C@@H]1C2c3ccccc3C(c3ccccc32)[C@H]1[NH3+].N[C@@H]1C2c3ccccc3C(c3ccccc32)[C@H]1[NH3+].O.O=C([O-])c1ccc2ccccc2c1-c1c(C(=O)[O-])ccc2ccccc12. The van der Waals surface area contributed by atoms with Gasteiger partial charge in [0.05, 0.1) is 35.9 Å². The summed E-state index contributed by atoms with van der Waals surface area (Å²) in [6, 6.07) is 56.5. The number of hydrogen-bond acceptors (Lipinski definition) is 7. The van der Waals surface area contributed by atoms with Crippen molar-refractivity contribution in [3.63, 3.8) is 0 Å². The summed E-state index contributed by atoms with van der Waals surface area (Å²) in [7, 11) is 0. The average Bonchev–Trinajstić information content (AvgIpc) is 3.35. The number of carboxylic acid groups (broad SMARTS) is 2. The number of carboxylic acids is 2. The number of benzene rings is 8. The molecule has 0 amide bonds. The molecule has 0 heterocycles. The summed E-state index contributed by atoms with van der Waals surface area (Å²) >= 11 is 0. The number of nitrogens with two attached hydrogens (primary N) is 2. The molecule has 0 aromatic heterocycles. The summed E-state index contributed by atoms with van der Waals surface area (Å²) in [5.41, 5.74) is 33.5. The van der Waals surface area contributed by atoms with Crippen LogP contribution in [-0.2, 0) is 0 Å². The minimum Gasteiger partial charge on any atom is -0.545 e. The van der Waals surface area contributed by atoms with Crippen molar-refractivity contribution < 1.29 is 41.9 Å². The second-order valence-corrected chi connectivity index (χ2v) is 17.6. The second kappa shape index (κ2) is 19.4. The van der Waals surface area contributed by atoms with Crippen molar-refractivity contribution in [2.45, 2.75) is 61.2 Å². The highest BCUT2D eigenvalue weighted by molar-refractivity contribution is 6.16. The molecule has 6 aliphatic carbocycles. The molecular weight excluding hydrogens is 837 g/mol. The predicted octanol–water partition coefficient (Wildman–Crippen LogP) is 4.38. The normalized spacial score (nSPS) is 21.8. The Morgan fingerprint density at radius 2 is 0.716 bits per heavy atom. The molecule has 0 radical (unpaired) electrons. The molecule has 8 aromatic rings. The van der Waals surface area contributed by atoms with Crippen molar-refractivity contribution in [2.75, 3.05) is 6.61 Å². The number of aliphatic hydroxyl groups excluding tert-OH is 1. The zero-order chi connectivity index (χ0) is 46.2. The van der Waals surface area contributed by atoms with Gasteiger partial charge in [0.15, 0.2) is 0 Å². The smallest absolute Gasteiger partial charge is 0.112 e. The molecule has 340 valence electrons. The third-order valence-electron chi connectivity index (χ3n) is 14.1. The molecule has 4 atom stereocenters. The fourth-order valence-electron chi connectivity index (χ4n) is 11.1. The Kier molecular flexibility index (Phi) is 13.5. The second-order valence-electron chi connectivity index (χ2n) is 17.6. The first-order chi connectivity index (χ1) is 32.1. The molecule has 14 rings (SSSR count). The van der Waals surface area contributed by atoms with Gasteiger partial charge in [0, 0.05) is 29.6 Å². The molecule has 13 N–H and O–H groups in total. The van der Waals surface area contributed by atoms with E-state index in [2.05, 4.69) is 109 Å². The van der Waals surface area contributed by atoms with Gasteiger partial charge in [-0.25, -0.2) is 0 Å². The molecule has 4 bridgehead atoms. The van der Waals surface area contributed by atoms with Crippen molar-refractivity contribution in [1.29, 1.82) is 0 Å². The van der Waals surface area contributed by atoms with E-state index in [0.717, 1.165) is 17.2 Å². The Labute approximate surface area is 389 Å². The van der Waals surface area contributed by atoms with Crippen molar-refractivity contribution >= 4 is 33.5 Å². The van der Waals surface area contributed by atoms with Gasteiger partial charge in [0.25, 0.3) is 0 Å². The minimum absolute atomic E-state index is 0. The van der Waals surface area contributed by atoms with Gasteiger partial charge in [-0.1, -0.05) is 177 Å². The van der Waals surface area contributed by atoms with Crippen LogP contribution in [0.4, 0.5) is 0 Å². The minimum atomic E-state index is -1.36. The molecule has 0 saturated carbocycles. The first kappa shape index (κ1) is 46.5. The van der Waals surface area contributed by atoms with Crippen LogP contribution in [0.15, 0.2) is 170 Å². The van der Waals surface area contributed by atoms with E-state index in [1.54, 1.807) is 36.4 Å². The molecule has 0 fully saturated rings. The van der Waals surface area contributed by atoms with Crippen LogP contribution in [0, 0.1) is 0 Å². The number of aliphatic hydroxyl groups is 1. The van der Waals surface area contributed by atoms with Crippen molar-refractivity contribution in [3.8, 4) is 11.1 Å². The van der Waals surface area contributed by atoms with Crippen LogP contribution in [0.2, 0.25) is 0 Å². The summed E-state index contributed by atoms with van der Waals surface area (Å²) in [4.78, 5) is 23.6. The third kappa shape index (κ3) is 8.08. The molecule has 67 heavy (non-hydrogen) atoms. The molecule has 6 aliphatic rings. The van der Waals surface area contributed by atoms with Gasteiger partial charge in [-0.05, 0) is 83.6 Å². The zero-order valence-electron chi connectivity index (χ0n) is 37.3. The highest BCUT2D eigenvalue weighted by Gasteiger charge is 2.50. The van der Waals surface area contributed by atoms with Gasteiger partial charge >= 0.3 is 0 Å². The molecule has 10 nitrogen and oxygen atoms in total. The number of carbonyl (C=O) groups is 2. The molecule has 0 unspecified atom stereocenters. The third-order valence-corrected chi connectivity index (χ3v) is 14.1. The lowest BCUT2D eigenvalue weighted by molar-refractivity contribution is -0.432. The van der Waals surface area contributed by atoms with Gasteiger partial charge in [-0.2, -0.15) is 0 Å². The molecule has 8 aromatic carbocycles. The summed E-state index contributed by atoms with van der Waals surface area (Å²) in [5.74, 6) is -1.32. The molecular formula is C57H56N4O6. The quantitative estimate of drug-likeness (QED) is 0.171.